The van der Waals surface area contributed by atoms with Gasteiger partial charge in [-0.15, -0.1) is 11.3 Å². The highest BCUT2D eigenvalue weighted by Gasteiger charge is 2.50. The van der Waals surface area contributed by atoms with Gasteiger partial charge in [0, 0.05) is 9.75 Å². The lowest BCUT2D eigenvalue weighted by Gasteiger charge is -2.14. The zero-order chi connectivity index (χ0) is 11.8. The van der Waals surface area contributed by atoms with E-state index in [1.807, 2.05) is 26.0 Å². The first-order chi connectivity index (χ1) is 7.57. The van der Waals surface area contributed by atoms with Crippen molar-refractivity contribution in [2.24, 2.45) is 5.41 Å². The molecule has 4 heteroatoms. The van der Waals surface area contributed by atoms with E-state index < -0.39 is 5.41 Å². The highest BCUT2D eigenvalue weighted by atomic mass is 32.1. The van der Waals surface area contributed by atoms with Crippen LogP contribution >= 0.6 is 11.3 Å². The molecule has 1 amide bonds. The van der Waals surface area contributed by atoms with Crippen LogP contribution in [0.5, 0.6) is 0 Å². The summed E-state index contributed by atoms with van der Waals surface area (Å²) in [4.78, 5) is 14.2. The Morgan fingerprint density at radius 1 is 1.62 bits per heavy atom. The minimum atomic E-state index is -0.722. The molecular formula is C12H14N2OS. The van der Waals surface area contributed by atoms with Gasteiger partial charge in [0.2, 0.25) is 5.91 Å². The quantitative estimate of drug-likeness (QED) is 0.873. The van der Waals surface area contributed by atoms with Crippen molar-refractivity contribution in [3.05, 3.63) is 21.9 Å². The van der Waals surface area contributed by atoms with Crippen molar-refractivity contribution >= 4 is 17.2 Å². The molecule has 1 heterocycles. The smallest absolute Gasteiger partial charge is 0.240 e. The number of nitrogens with zero attached hydrogens (tertiary/aromatic N) is 1. The molecule has 1 saturated carbocycles. The van der Waals surface area contributed by atoms with E-state index in [1.54, 1.807) is 11.3 Å². The summed E-state index contributed by atoms with van der Waals surface area (Å²) in [5, 5.41) is 11.8. The number of nitrogens with one attached hydrogen (secondary N) is 1. The molecule has 16 heavy (non-hydrogen) atoms. The van der Waals surface area contributed by atoms with Gasteiger partial charge < -0.3 is 5.32 Å². The van der Waals surface area contributed by atoms with Crippen LogP contribution in [-0.2, 0) is 4.79 Å². The standard InChI is InChI=1S/C12H14N2OS/c1-8-3-4-10(16-8)9(2)14-11(15)12(7-13)5-6-12/h3-4,9H,5-6H2,1-2H3,(H,14,15). The van der Waals surface area contributed by atoms with Crippen LogP contribution in [0.15, 0.2) is 12.1 Å². The molecule has 1 aromatic rings. The largest absolute Gasteiger partial charge is 0.347 e. The summed E-state index contributed by atoms with van der Waals surface area (Å²) in [5.41, 5.74) is -0.722. The number of nitriles is 1. The summed E-state index contributed by atoms with van der Waals surface area (Å²) in [6.45, 7) is 4.00. The van der Waals surface area contributed by atoms with Crippen molar-refractivity contribution in [3.63, 3.8) is 0 Å². The minimum Gasteiger partial charge on any atom is -0.347 e. The second kappa shape index (κ2) is 3.91. The van der Waals surface area contributed by atoms with Gasteiger partial charge in [-0.1, -0.05) is 0 Å². The molecule has 1 unspecified atom stereocenters. The number of hydrogen-bond acceptors (Lipinski definition) is 3. The number of rotatable bonds is 3. The van der Waals surface area contributed by atoms with E-state index in [9.17, 15) is 4.79 Å². The van der Waals surface area contributed by atoms with E-state index in [-0.39, 0.29) is 11.9 Å². The van der Waals surface area contributed by atoms with Crippen LogP contribution < -0.4 is 5.32 Å². The predicted molar refractivity (Wildman–Crippen MR) is 62.9 cm³/mol. The molecule has 0 radical (unpaired) electrons. The van der Waals surface area contributed by atoms with Gasteiger partial charge in [0.15, 0.2) is 0 Å². The van der Waals surface area contributed by atoms with Crippen molar-refractivity contribution in [2.45, 2.75) is 32.7 Å². The monoisotopic (exact) mass is 234 g/mol. The Kier molecular flexibility index (Phi) is 2.73. The Morgan fingerprint density at radius 3 is 2.75 bits per heavy atom. The molecule has 2 rings (SSSR count). The van der Waals surface area contributed by atoms with Crippen LogP contribution in [0.25, 0.3) is 0 Å². The molecular weight excluding hydrogens is 220 g/mol. The Labute approximate surface area is 99.1 Å². The summed E-state index contributed by atoms with van der Waals surface area (Å²) in [6, 6.07) is 6.17. The Morgan fingerprint density at radius 2 is 2.31 bits per heavy atom. The molecule has 3 nitrogen and oxygen atoms in total. The second-order valence-electron chi connectivity index (χ2n) is 4.34. The van der Waals surface area contributed by atoms with Crippen LogP contribution in [0.2, 0.25) is 0 Å². The average molecular weight is 234 g/mol. The van der Waals surface area contributed by atoms with E-state index in [1.165, 1.54) is 4.88 Å². The fourth-order valence-corrected chi connectivity index (χ4v) is 2.49. The minimum absolute atomic E-state index is 0.00275. The molecule has 0 bridgehead atoms. The molecule has 0 aliphatic heterocycles. The van der Waals surface area contributed by atoms with Gasteiger partial charge in [0.25, 0.3) is 0 Å². The van der Waals surface area contributed by atoms with Crippen LogP contribution in [0.1, 0.15) is 35.6 Å². The maximum Gasteiger partial charge on any atom is 0.240 e. The fourth-order valence-electron chi connectivity index (χ4n) is 1.61. The number of carbonyl (C=O) groups excluding carboxylic acids is 1. The summed E-state index contributed by atoms with van der Waals surface area (Å²) in [5.74, 6) is -0.117. The molecule has 1 aliphatic rings. The Balaban J connectivity index is 2.01. The number of aryl methyl sites for hydroxylation is 1. The first kappa shape index (κ1) is 11.2. The van der Waals surface area contributed by atoms with Crippen molar-refractivity contribution in [1.82, 2.24) is 5.32 Å². The summed E-state index contributed by atoms with van der Waals surface area (Å²) in [6.07, 6.45) is 1.40. The molecule has 84 valence electrons. The number of hydrogen-bond donors (Lipinski definition) is 1. The molecule has 1 fully saturated rings. The highest BCUT2D eigenvalue weighted by molar-refractivity contribution is 7.12. The molecule has 0 aromatic carbocycles. The van der Waals surface area contributed by atoms with Gasteiger partial charge in [-0.3, -0.25) is 4.79 Å². The zero-order valence-electron chi connectivity index (χ0n) is 9.41. The van der Waals surface area contributed by atoms with Gasteiger partial charge in [-0.2, -0.15) is 5.26 Å². The van der Waals surface area contributed by atoms with Gasteiger partial charge in [0.05, 0.1) is 12.1 Å². The highest BCUT2D eigenvalue weighted by Crippen LogP contribution is 2.45. The maximum absolute atomic E-state index is 11.8. The van der Waals surface area contributed by atoms with E-state index in [0.29, 0.717) is 12.8 Å². The number of amides is 1. The molecule has 0 saturated heterocycles. The van der Waals surface area contributed by atoms with E-state index >= 15 is 0 Å². The first-order valence-electron chi connectivity index (χ1n) is 5.36. The van der Waals surface area contributed by atoms with E-state index in [2.05, 4.69) is 11.4 Å². The normalized spacial score (nSPS) is 18.6. The Hall–Kier alpha value is -1.34. The second-order valence-corrected chi connectivity index (χ2v) is 5.66. The molecule has 1 N–H and O–H groups in total. The van der Waals surface area contributed by atoms with Crippen LogP contribution in [0.4, 0.5) is 0 Å². The van der Waals surface area contributed by atoms with Gasteiger partial charge >= 0.3 is 0 Å². The topological polar surface area (TPSA) is 52.9 Å². The fraction of sp³-hybridized carbons (Fsp3) is 0.500. The summed E-state index contributed by atoms with van der Waals surface area (Å²) < 4.78 is 0. The number of carbonyl (C=O) groups is 1. The number of thiophene rings is 1. The van der Waals surface area contributed by atoms with Crippen molar-refractivity contribution < 1.29 is 4.79 Å². The molecule has 1 aromatic heterocycles. The lowest BCUT2D eigenvalue weighted by molar-refractivity contribution is -0.125. The molecule has 0 spiro atoms. The van der Waals surface area contributed by atoms with Crippen LogP contribution in [0, 0.1) is 23.7 Å². The van der Waals surface area contributed by atoms with E-state index in [0.717, 1.165) is 4.88 Å². The van der Waals surface area contributed by atoms with Crippen molar-refractivity contribution in [3.8, 4) is 6.07 Å². The SMILES string of the molecule is Cc1ccc(C(C)NC(=O)C2(C#N)CC2)s1. The lowest BCUT2D eigenvalue weighted by atomic mass is 10.1. The van der Waals surface area contributed by atoms with Crippen molar-refractivity contribution in [1.29, 1.82) is 5.26 Å². The third-order valence-electron chi connectivity index (χ3n) is 2.93. The van der Waals surface area contributed by atoms with E-state index in [4.69, 9.17) is 5.26 Å². The first-order valence-corrected chi connectivity index (χ1v) is 6.17. The van der Waals surface area contributed by atoms with Gasteiger partial charge in [-0.05, 0) is 38.8 Å². The summed E-state index contributed by atoms with van der Waals surface area (Å²) in [7, 11) is 0. The van der Waals surface area contributed by atoms with Gasteiger partial charge in [-0.25, -0.2) is 0 Å². The predicted octanol–water partition coefficient (Wildman–Crippen LogP) is 2.54. The third-order valence-corrected chi connectivity index (χ3v) is 4.12. The molecule has 1 atom stereocenters. The summed E-state index contributed by atoms with van der Waals surface area (Å²) >= 11 is 1.68. The lowest BCUT2D eigenvalue weighted by Crippen LogP contribution is -2.32. The zero-order valence-corrected chi connectivity index (χ0v) is 10.2. The van der Waals surface area contributed by atoms with Crippen LogP contribution in [0.3, 0.4) is 0 Å². The third kappa shape index (κ3) is 1.96. The Bertz CT molecular complexity index is 454. The average Bonchev–Trinajstić information content (AvgIpc) is 2.95. The van der Waals surface area contributed by atoms with Crippen molar-refractivity contribution in [2.75, 3.05) is 0 Å². The maximum atomic E-state index is 11.8. The van der Waals surface area contributed by atoms with Gasteiger partial charge in [0.1, 0.15) is 5.41 Å². The van der Waals surface area contributed by atoms with Crippen LogP contribution in [-0.4, -0.2) is 5.91 Å². The molecule has 1 aliphatic carbocycles.